The van der Waals surface area contributed by atoms with Crippen LogP contribution in [0, 0.1) is 0 Å². The lowest BCUT2D eigenvalue weighted by Crippen LogP contribution is -2.53. The number of anilines is 1. The average Bonchev–Trinajstić information content (AvgIpc) is 2.53. The number of rotatable bonds is 3. The Balaban J connectivity index is 2.59. The summed E-state index contributed by atoms with van der Waals surface area (Å²) >= 11 is 0. The maximum absolute atomic E-state index is 12.9. The standard InChI is InChI=1S/C16H17F3N2O3/c1-3-15(20-10-22)8-7-11-9-12(16(17,18)19)5-6-13(11)21(15)14(23)24-4-2/h5-6,9H,3-4,7-8H2,1-2H3. The van der Waals surface area contributed by atoms with Gasteiger partial charge in [-0.3, -0.25) is 4.90 Å². The number of halogens is 3. The van der Waals surface area contributed by atoms with Gasteiger partial charge in [0.25, 0.3) is 0 Å². The molecule has 24 heavy (non-hydrogen) atoms. The molecule has 1 unspecified atom stereocenters. The smallest absolute Gasteiger partial charge is 0.416 e. The lowest BCUT2D eigenvalue weighted by atomic mass is 9.88. The Morgan fingerprint density at radius 3 is 2.67 bits per heavy atom. The maximum Gasteiger partial charge on any atom is 0.416 e. The summed E-state index contributed by atoms with van der Waals surface area (Å²) in [5.41, 5.74) is -1.34. The first kappa shape index (κ1) is 18.0. The van der Waals surface area contributed by atoms with Crippen LogP contribution in [0.3, 0.4) is 0 Å². The first-order valence-corrected chi connectivity index (χ1v) is 7.55. The fourth-order valence-electron chi connectivity index (χ4n) is 2.91. The van der Waals surface area contributed by atoms with Crippen LogP contribution in [0.15, 0.2) is 23.2 Å². The molecule has 0 radical (unpaired) electrons. The second-order valence-electron chi connectivity index (χ2n) is 5.41. The predicted molar refractivity (Wildman–Crippen MR) is 80.4 cm³/mol. The predicted octanol–water partition coefficient (Wildman–Crippen LogP) is 4.06. The molecule has 0 fully saturated rings. The summed E-state index contributed by atoms with van der Waals surface area (Å²) in [5, 5.41) is 0. The molecule has 1 aromatic carbocycles. The molecule has 1 aromatic rings. The van der Waals surface area contributed by atoms with Gasteiger partial charge in [-0.05, 0) is 49.9 Å². The molecule has 0 N–H and O–H groups in total. The van der Waals surface area contributed by atoms with E-state index in [0.29, 0.717) is 12.0 Å². The summed E-state index contributed by atoms with van der Waals surface area (Å²) in [6, 6.07) is 3.14. The van der Waals surface area contributed by atoms with Crippen LogP contribution in [0.2, 0.25) is 0 Å². The van der Waals surface area contributed by atoms with Crippen LogP contribution in [-0.4, -0.2) is 24.4 Å². The van der Waals surface area contributed by atoms with Gasteiger partial charge in [0.2, 0.25) is 6.08 Å². The van der Waals surface area contributed by atoms with Crippen LogP contribution in [0.4, 0.5) is 23.7 Å². The molecule has 1 atom stereocenters. The average molecular weight is 342 g/mol. The van der Waals surface area contributed by atoms with Gasteiger partial charge in [-0.25, -0.2) is 9.59 Å². The summed E-state index contributed by atoms with van der Waals surface area (Å²) in [6.07, 6.45) is -2.97. The van der Waals surface area contributed by atoms with Crippen molar-refractivity contribution in [3.63, 3.8) is 0 Å². The molecule has 0 bridgehead atoms. The molecule has 1 aliphatic heterocycles. The van der Waals surface area contributed by atoms with Crippen LogP contribution in [-0.2, 0) is 22.1 Å². The Morgan fingerprint density at radius 1 is 1.42 bits per heavy atom. The van der Waals surface area contributed by atoms with Crippen molar-refractivity contribution in [1.82, 2.24) is 0 Å². The summed E-state index contributed by atoms with van der Waals surface area (Å²) in [7, 11) is 0. The highest BCUT2D eigenvalue weighted by atomic mass is 19.4. The molecule has 1 amide bonds. The Hall–Kier alpha value is -2.34. The van der Waals surface area contributed by atoms with Gasteiger partial charge in [0, 0.05) is 0 Å². The van der Waals surface area contributed by atoms with E-state index >= 15 is 0 Å². The van der Waals surface area contributed by atoms with Crippen molar-refractivity contribution in [1.29, 1.82) is 0 Å². The second-order valence-corrected chi connectivity index (χ2v) is 5.41. The normalized spacial score (nSPS) is 20.1. The summed E-state index contributed by atoms with van der Waals surface area (Å²) in [5.74, 6) is 0. The molecule has 0 aliphatic carbocycles. The zero-order chi connectivity index (χ0) is 18.0. The molecule has 5 nitrogen and oxygen atoms in total. The molecule has 130 valence electrons. The van der Waals surface area contributed by atoms with E-state index in [4.69, 9.17) is 4.74 Å². The monoisotopic (exact) mass is 342 g/mol. The third-order valence-electron chi connectivity index (χ3n) is 4.13. The molecule has 1 aliphatic rings. The van der Waals surface area contributed by atoms with E-state index in [1.54, 1.807) is 13.8 Å². The number of benzene rings is 1. The van der Waals surface area contributed by atoms with E-state index in [-0.39, 0.29) is 25.1 Å². The van der Waals surface area contributed by atoms with E-state index in [1.807, 2.05) is 0 Å². The van der Waals surface area contributed by atoms with Crippen LogP contribution >= 0.6 is 0 Å². The second kappa shape index (κ2) is 6.65. The molecule has 1 heterocycles. The van der Waals surface area contributed by atoms with Gasteiger partial charge in [0.15, 0.2) is 5.66 Å². The number of carbonyl (C=O) groups is 1. The molecule has 8 heteroatoms. The molecular formula is C16H17F3N2O3. The van der Waals surface area contributed by atoms with Crippen molar-refractivity contribution in [2.75, 3.05) is 11.5 Å². The van der Waals surface area contributed by atoms with E-state index in [1.165, 1.54) is 17.0 Å². The van der Waals surface area contributed by atoms with Crippen LogP contribution in [0.1, 0.15) is 37.8 Å². The SMILES string of the molecule is CCOC(=O)N1c2ccc(C(F)(F)F)cc2CCC1(CC)N=C=O. The van der Waals surface area contributed by atoms with Gasteiger partial charge in [-0.2, -0.15) is 18.2 Å². The molecule has 2 rings (SSSR count). The lowest BCUT2D eigenvalue weighted by Gasteiger charge is -2.43. The van der Waals surface area contributed by atoms with Crippen molar-refractivity contribution < 1.29 is 27.5 Å². The first-order chi connectivity index (χ1) is 11.3. The zero-order valence-corrected chi connectivity index (χ0v) is 13.3. The lowest BCUT2D eigenvalue weighted by molar-refractivity contribution is -0.137. The minimum atomic E-state index is -4.47. The highest BCUT2D eigenvalue weighted by molar-refractivity contribution is 5.91. The number of hydrogen-bond donors (Lipinski definition) is 0. The Bertz CT molecular complexity index is 684. The minimum Gasteiger partial charge on any atom is -0.449 e. The van der Waals surface area contributed by atoms with Crippen LogP contribution < -0.4 is 4.90 Å². The quantitative estimate of drug-likeness (QED) is 0.615. The number of fused-ring (bicyclic) bond motifs is 1. The van der Waals surface area contributed by atoms with E-state index in [2.05, 4.69) is 4.99 Å². The molecule has 0 saturated heterocycles. The topological polar surface area (TPSA) is 59.0 Å². The Kier molecular flexibility index (Phi) is 4.99. The molecular weight excluding hydrogens is 325 g/mol. The van der Waals surface area contributed by atoms with Crippen molar-refractivity contribution in [3.8, 4) is 0 Å². The number of isocyanates is 1. The number of amides is 1. The highest BCUT2D eigenvalue weighted by Crippen LogP contribution is 2.42. The number of ether oxygens (including phenoxy) is 1. The molecule has 0 spiro atoms. The molecule has 0 saturated carbocycles. The maximum atomic E-state index is 12.9. The van der Waals surface area contributed by atoms with Gasteiger partial charge in [0.05, 0.1) is 17.9 Å². The summed E-state index contributed by atoms with van der Waals surface area (Å²) in [6.45, 7) is 3.45. The number of aryl methyl sites for hydroxylation is 1. The third-order valence-corrected chi connectivity index (χ3v) is 4.13. The van der Waals surface area contributed by atoms with Crippen molar-refractivity contribution >= 4 is 17.9 Å². The van der Waals surface area contributed by atoms with Crippen molar-refractivity contribution in [2.24, 2.45) is 4.99 Å². The number of aliphatic imine (C=N–C) groups is 1. The van der Waals surface area contributed by atoms with Crippen molar-refractivity contribution in [3.05, 3.63) is 29.3 Å². The molecule has 0 aromatic heterocycles. The number of nitrogens with zero attached hydrogens (tertiary/aromatic N) is 2. The van der Waals surface area contributed by atoms with Gasteiger partial charge in [-0.15, -0.1) is 0 Å². The summed E-state index contributed by atoms with van der Waals surface area (Å²) in [4.78, 5) is 28.2. The Morgan fingerprint density at radius 2 is 2.12 bits per heavy atom. The highest BCUT2D eigenvalue weighted by Gasteiger charge is 2.45. The van der Waals surface area contributed by atoms with E-state index in [0.717, 1.165) is 12.1 Å². The number of hydrogen-bond acceptors (Lipinski definition) is 4. The first-order valence-electron chi connectivity index (χ1n) is 7.55. The Labute approximate surface area is 137 Å². The van der Waals surface area contributed by atoms with Gasteiger partial charge in [0.1, 0.15) is 0 Å². The van der Waals surface area contributed by atoms with Crippen molar-refractivity contribution in [2.45, 2.75) is 44.9 Å². The fourth-order valence-corrected chi connectivity index (χ4v) is 2.91. The van der Waals surface area contributed by atoms with E-state index in [9.17, 15) is 22.8 Å². The third kappa shape index (κ3) is 3.14. The largest absolute Gasteiger partial charge is 0.449 e. The number of alkyl halides is 3. The van der Waals surface area contributed by atoms with Crippen LogP contribution in [0.5, 0.6) is 0 Å². The van der Waals surface area contributed by atoms with Gasteiger partial charge < -0.3 is 4.74 Å². The minimum absolute atomic E-state index is 0.0932. The zero-order valence-electron chi connectivity index (χ0n) is 13.3. The van der Waals surface area contributed by atoms with Gasteiger partial charge >= 0.3 is 12.3 Å². The van der Waals surface area contributed by atoms with Gasteiger partial charge in [-0.1, -0.05) is 6.92 Å². The summed E-state index contributed by atoms with van der Waals surface area (Å²) < 4.78 is 43.7. The fraction of sp³-hybridized carbons (Fsp3) is 0.500. The number of carbonyl (C=O) groups excluding carboxylic acids is 2. The van der Waals surface area contributed by atoms with E-state index < -0.39 is 23.5 Å². The van der Waals surface area contributed by atoms with Crippen LogP contribution in [0.25, 0.3) is 0 Å².